The van der Waals surface area contributed by atoms with E-state index in [0.29, 0.717) is 25.9 Å². The molecule has 0 aliphatic carbocycles. The molecule has 0 spiro atoms. The summed E-state index contributed by atoms with van der Waals surface area (Å²) in [5, 5.41) is 12.8. The number of carboxylic acid groups (broad SMARTS) is 1. The predicted octanol–water partition coefficient (Wildman–Crippen LogP) is 1.62. The summed E-state index contributed by atoms with van der Waals surface area (Å²) in [4.78, 5) is 38.9. The van der Waals surface area contributed by atoms with Crippen LogP contribution in [0.4, 0.5) is 0 Å². The monoisotopic (exact) mass is 432 g/mol. The topological polar surface area (TPSA) is 105 Å². The van der Waals surface area contributed by atoms with Crippen molar-refractivity contribution in [3.63, 3.8) is 0 Å². The summed E-state index contributed by atoms with van der Waals surface area (Å²) < 4.78 is 10.9. The highest BCUT2D eigenvalue weighted by Crippen LogP contribution is 2.33. The van der Waals surface area contributed by atoms with Crippen LogP contribution in [0.5, 0.6) is 0 Å². The number of carbonyl (C=O) groups is 3. The second-order valence-electron chi connectivity index (χ2n) is 8.26. The second-order valence-corrected chi connectivity index (χ2v) is 8.26. The molecular formula is C23H32N2O6. The second kappa shape index (κ2) is 10.7. The van der Waals surface area contributed by atoms with E-state index >= 15 is 0 Å². The number of likely N-dealkylation sites (tertiary alicyclic amines) is 1. The Morgan fingerprint density at radius 1 is 1.29 bits per heavy atom. The number of hydrogen-bond donors (Lipinski definition) is 2. The molecule has 0 aromatic heterocycles. The molecule has 0 saturated carbocycles. The lowest BCUT2D eigenvalue weighted by Crippen LogP contribution is -2.59. The smallest absolute Gasteiger partial charge is 0.326 e. The van der Waals surface area contributed by atoms with Crippen molar-refractivity contribution in [3.8, 4) is 0 Å². The van der Waals surface area contributed by atoms with Crippen molar-refractivity contribution in [2.24, 2.45) is 5.92 Å². The zero-order valence-corrected chi connectivity index (χ0v) is 18.2. The van der Waals surface area contributed by atoms with Crippen LogP contribution in [0.3, 0.4) is 0 Å². The summed E-state index contributed by atoms with van der Waals surface area (Å²) in [6, 6.07) is 7.52. The minimum Gasteiger partial charge on any atom is -0.480 e. The molecule has 8 heteroatoms. The Kier molecular flexibility index (Phi) is 8.03. The molecule has 2 saturated heterocycles. The van der Waals surface area contributed by atoms with Gasteiger partial charge in [0.15, 0.2) is 0 Å². The minimum atomic E-state index is -1.00. The first-order valence-corrected chi connectivity index (χ1v) is 11.0. The highest BCUT2D eigenvalue weighted by atomic mass is 16.5. The van der Waals surface area contributed by atoms with Gasteiger partial charge in [-0.2, -0.15) is 0 Å². The normalized spacial score (nSPS) is 24.8. The standard InChI is InChI=1S/C23H32N2O6/c1-3-30-23(29)18(10-9-16-7-5-4-6-8-16)24-15(2)21(26)25-14-20-17(11-12-31-20)13-19(25)22(27)28/h4-8,15,17-20,24H,3,9-14H2,1-2H3,(H,27,28)/t15-,17?,18?,19-,20?/m0/s1. The van der Waals surface area contributed by atoms with E-state index in [4.69, 9.17) is 9.47 Å². The molecule has 1 amide bonds. The number of fused-ring (bicyclic) bond motifs is 1. The van der Waals surface area contributed by atoms with Crippen molar-refractivity contribution in [2.75, 3.05) is 19.8 Å². The van der Waals surface area contributed by atoms with Gasteiger partial charge >= 0.3 is 11.9 Å². The van der Waals surface area contributed by atoms with E-state index in [9.17, 15) is 19.5 Å². The fraction of sp³-hybridized carbons (Fsp3) is 0.609. The molecular weight excluding hydrogens is 400 g/mol. The number of carbonyl (C=O) groups excluding carboxylic acids is 2. The maximum absolute atomic E-state index is 13.2. The third kappa shape index (κ3) is 5.83. The number of aryl methyl sites for hydroxylation is 1. The molecule has 170 valence electrons. The van der Waals surface area contributed by atoms with Gasteiger partial charge in [-0.25, -0.2) is 4.79 Å². The van der Waals surface area contributed by atoms with Crippen LogP contribution in [0.1, 0.15) is 38.7 Å². The quantitative estimate of drug-likeness (QED) is 0.571. The molecule has 0 bridgehead atoms. The van der Waals surface area contributed by atoms with Crippen molar-refractivity contribution in [1.82, 2.24) is 10.2 Å². The number of amides is 1. The Morgan fingerprint density at radius 3 is 2.71 bits per heavy atom. The first-order chi connectivity index (χ1) is 14.9. The summed E-state index contributed by atoms with van der Waals surface area (Å²) >= 11 is 0. The summed E-state index contributed by atoms with van der Waals surface area (Å²) in [6.07, 6.45) is 2.22. The number of nitrogens with one attached hydrogen (secondary N) is 1. The number of aliphatic carboxylic acids is 1. The van der Waals surface area contributed by atoms with E-state index in [1.807, 2.05) is 30.3 Å². The Bertz CT molecular complexity index is 771. The lowest BCUT2D eigenvalue weighted by Gasteiger charge is -2.40. The number of rotatable bonds is 9. The molecule has 2 aliphatic heterocycles. The van der Waals surface area contributed by atoms with Gasteiger partial charge < -0.3 is 19.5 Å². The van der Waals surface area contributed by atoms with Crippen LogP contribution < -0.4 is 5.32 Å². The van der Waals surface area contributed by atoms with Crippen LogP contribution in [0.2, 0.25) is 0 Å². The Morgan fingerprint density at radius 2 is 2.03 bits per heavy atom. The zero-order valence-electron chi connectivity index (χ0n) is 18.2. The van der Waals surface area contributed by atoms with Crippen molar-refractivity contribution in [2.45, 2.75) is 63.8 Å². The Labute approximate surface area is 182 Å². The van der Waals surface area contributed by atoms with E-state index < -0.39 is 30.1 Å². The number of piperidine rings is 1. The molecule has 8 nitrogen and oxygen atoms in total. The van der Waals surface area contributed by atoms with E-state index in [1.54, 1.807) is 13.8 Å². The number of carboxylic acids is 1. The van der Waals surface area contributed by atoms with E-state index in [2.05, 4.69) is 5.32 Å². The van der Waals surface area contributed by atoms with Crippen LogP contribution in [0.25, 0.3) is 0 Å². The number of esters is 1. The first kappa shape index (κ1) is 23.2. The van der Waals surface area contributed by atoms with Crippen LogP contribution in [0, 0.1) is 5.92 Å². The molecule has 31 heavy (non-hydrogen) atoms. The third-order valence-corrected chi connectivity index (χ3v) is 6.15. The van der Waals surface area contributed by atoms with Crippen LogP contribution in [-0.2, 0) is 30.3 Å². The van der Waals surface area contributed by atoms with E-state index in [1.165, 1.54) is 4.90 Å². The molecule has 5 atom stereocenters. The minimum absolute atomic E-state index is 0.120. The van der Waals surface area contributed by atoms with Crippen molar-refractivity contribution < 1.29 is 29.0 Å². The summed E-state index contributed by atoms with van der Waals surface area (Å²) in [6.45, 7) is 4.52. The number of nitrogens with zero attached hydrogens (tertiary/aromatic N) is 1. The van der Waals surface area contributed by atoms with E-state index in [-0.39, 0.29) is 31.1 Å². The number of hydrogen-bond acceptors (Lipinski definition) is 6. The average molecular weight is 433 g/mol. The maximum Gasteiger partial charge on any atom is 0.326 e. The van der Waals surface area contributed by atoms with Gasteiger partial charge in [0, 0.05) is 13.2 Å². The van der Waals surface area contributed by atoms with Gasteiger partial charge in [-0.3, -0.25) is 14.9 Å². The largest absolute Gasteiger partial charge is 0.480 e. The third-order valence-electron chi connectivity index (χ3n) is 6.15. The van der Waals surface area contributed by atoms with Gasteiger partial charge in [-0.05, 0) is 51.0 Å². The van der Waals surface area contributed by atoms with Gasteiger partial charge in [-0.1, -0.05) is 30.3 Å². The SMILES string of the molecule is CCOC(=O)C(CCc1ccccc1)N[C@@H](C)C(=O)N1CC2OCCC2C[C@H]1C(=O)O. The van der Waals surface area contributed by atoms with Gasteiger partial charge in [-0.15, -0.1) is 0 Å². The summed E-state index contributed by atoms with van der Waals surface area (Å²) in [5.41, 5.74) is 1.09. The van der Waals surface area contributed by atoms with Crippen molar-refractivity contribution >= 4 is 17.8 Å². The van der Waals surface area contributed by atoms with Gasteiger partial charge in [0.25, 0.3) is 0 Å². The fourth-order valence-electron chi connectivity index (χ4n) is 4.47. The zero-order chi connectivity index (χ0) is 22.4. The van der Waals surface area contributed by atoms with Crippen LogP contribution >= 0.6 is 0 Å². The van der Waals surface area contributed by atoms with Gasteiger partial charge in [0.1, 0.15) is 12.1 Å². The Balaban J connectivity index is 1.67. The lowest BCUT2D eigenvalue weighted by atomic mass is 9.87. The molecule has 1 aromatic carbocycles. The highest BCUT2D eigenvalue weighted by molar-refractivity contribution is 5.88. The molecule has 2 N–H and O–H groups in total. The fourth-order valence-corrected chi connectivity index (χ4v) is 4.47. The molecule has 1 aromatic rings. The summed E-state index contributed by atoms with van der Waals surface area (Å²) in [7, 11) is 0. The average Bonchev–Trinajstić information content (AvgIpc) is 3.23. The maximum atomic E-state index is 13.2. The van der Waals surface area contributed by atoms with Crippen LogP contribution in [0.15, 0.2) is 30.3 Å². The van der Waals surface area contributed by atoms with Crippen LogP contribution in [-0.4, -0.2) is 71.8 Å². The Hall–Kier alpha value is -2.45. The molecule has 2 aliphatic rings. The van der Waals surface area contributed by atoms with Crippen molar-refractivity contribution in [3.05, 3.63) is 35.9 Å². The van der Waals surface area contributed by atoms with Gasteiger partial charge in [0.05, 0.1) is 18.8 Å². The van der Waals surface area contributed by atoms with Crippen molar-refractivity contribution in [1.29, 1.82) is 0 Å². The molecule has 3 unspecified atom stereocenters. The van der Waals surface area contributed by atoms with Gasteiger partial charge in [0.2, 0.25) is 5.91 Å². The highest BCUT2D eigenvalue weighted by Gasteiger charge is 2.45. The van der Waals surface area contributed by atoms with E-state index in [0.717, 1.165) is 12.0 Å². The number of ether oxygens (including phenoxy) is 2. The predicted molar refractivity (Wildman–Crippen MR) is 113 cm³/mol. The lowest BCUT2D eigenvalue weighted by molar-refractivity contribution is -0.157. The summed E-state index contributed by atoms with van der Waals surface area (Å²) in [5.74, 6) is -1.58. The molecule has 2 fully saturated rings. The molecule has 3 rings (SSSR count). The molecule has 0 radical (unpaired) electrons. The first-order valence-electron chi connectivity index (χ1n) is 11.0. The number of benzene rings is 1. The molecule has 2 heterocycles.